The van der Waals surface area contributed by atoms with Gasteiger partial charge in [-0.25, -0.2) is 4.79 Å². The van der Waals surface area contributed by atoms with Crippen LogP contribution in [-0.4, -0.2) is 24.4 Å². The zero-order valence-electron chi connectivity index (χ0n) is 15.6. The molecule has 0 fully saturated rings. The van der Waals surface area contributed by atoms with E-state index in [1.807, 2.05) is 30.3 Å². The van der Waals surface area contributed by atoms with Crippen LogP contribution in [0.3, 0.4) is 0 Å². The fourth-order valence-corrected chi connectivity index (χ4v) is 4.15. The van der Waals surface area contributed by atoms with Crippen molar-refractivity contribution in [3.05, 3.63) is 94.0 Å². The highest BCUT2D eigenvalue weighted by atomic mass is 79.9. The molecule has 0 heterocycles. The summed E-state index contributed by atoms with van der Waals surface area (Å²) in [7, 11) is 0. The maximum atomic E-state index is 12.1. The summed E-state index contributed by atoms with van der Waals surface area (Å²) in [6.45, 7) is 0.589. The summed E-state index contributed by atoms with van der Waals surface area (Å²) in [4.78, 5) is 12.1. The van der Waals surface area contributed by atoms with Gasteiger partial charge in [0.15, 0.2) is 0 Å². The second-order valence-corrected chi connectivity index (χ2v) is 7.64. The van der Waals surface area contributed by atoms with Crippen molar-refractivity contribution in [2.75, 3.05) is 13.2 Å². The standard InChI is InChI=1S/C24H20BrNO3/c25-22-12-5-13-23(27)20(22)11-6-14-26-24(28)29-15-21-18-9-3-1-7-16(18)17-8-2-4-10-19(17)21/h1-13,21,27H,14-15H2,(H,26,28). The van der Waals surface area contributed by atoms with E-state index in [9.17, 15) is 9.90 Å². The summed E-state index contributed by atoms with van der Waals surface area (Å²) in [6.07, 6.45) is 3.05. The van der Waals surface area contributed by atoms with Crippen LogP contribution in [0.2, 0.25) is 0 Å². The fraction of sp³-hybridized carbons (Fsp3) is 0.125. The lowest BCUT2D eigenvalue weighted by molar-refractivity contribution is 0.144. The smallest absolute Gasteiger partial charge is 0.407 e. The predicted octanol–water partition coefficient (Wildman–Crippen LogP) is 5.71. The van der Waals surface area contributed by atoms with E-state index in [0.29, 0.717) is 12.1 Å². The minimum Gasteiger partial charge on any atom is -0.507 e. The number of nitrogens with one attached hydrogen (secondary N) is 1. The molecule has 29 heavy (non-hydrogen) atoms. The highest BCUT2D eigenvalue weighted by molar-refractivity contribution is 9.10. The van der Waals surface area contributed by atoms with E-state index in [0.717, 1.165) is 4.47 Å². The number of fused-ring (bicyclic) bond motifs is 3. The molecule has 0 spiro atoms. The molecular formula is C24H20BrNO3. The van der Waals surface area contributed by atoms with Crippen LogP contribution in [0.1, 0.15) is 22.6 Å². The highest BCUT2D eigenvalue weighted by Crippen LogP contribution is 2.44. The summed E-state index contributed by atoms with van der Waals surface area (Å²) in [5, 5.41) is 12.6. The van der Waals surface area contributed by atoms with Crippen molar-refractivity contribution >= 4 is 28.1 Å². The molecule has 146 valence electrons. The van der Waals surface area contributed by atoms with Gasteiger partial charge in [-0.1, -0.05) is 82.7 Å². The maximum absolute atomic E-state index is 12.1. The highest BCUT2D eigenvalue weighted by Gasteiger charge is 2.28. The first kappa shape index (κ1) is 19.3. The van der Waals surface area contributed by atoms with Crippen molar-refractivity contribution in [3.8, 4) is 16.9 Å². The summed E-state index contributed by atoms with van der Waals surface area (Å²) in [6, 6.07) is 21.7. The third-order valence-electron chi connectivity index (χ3n) is 5.02. The SMILES string of the molecule is O=C(NCC=Cc1c(O)cccc1Br)OCC1c2ccccc2-c2ccccc21. The maximum Gasteiger partial charge on any atom is 0.407 e. The minimum absolute atomic E-state index is 0.0425. The first-order chi connectivity index (χ1) is 14.1. The number of alkyl carbamates (subject to hydrolysis) is 1. The van der Waals surface area contributed by atoms with Crippen LogP contribution in [-0.2, 0) is 4.74 Å². The molecule has 0 unspecified atom stereocenters. The largest absolute Gasteiger partial charge is 0.507 e. The second-order valence-electron chi connectivity index (χ2n) is 6.78. The van der Waals surface area contributed by atoms with Gasteiger partial charge in [-0.15, -0.1) is 0 Å². The molecule has 0 radical (unpaired) electrons. The quantitative estimate of drug-likeness (QED) is 0.524. The molecule has 3 aromatic carbocycles. The molecule has 0 bridgehead atoms. The van der Waals surface area contributed by atoms with Gasteiger partial charge in [0, 0.05) is 22.5 Å². The minimum atomic E-state index is -0.465. The van der Waals surface area contributed by atoms with E-state index in [4.69, 9.17) is 4.74 Å². The van der Waals surface area contributed by atoms with Crippen LogP contribution in [0, 0.1) is 0 Å². The Labute approximate surface area is 178 Å². The number of ether oxygens (including phenoxy) is 1. The van der Waals surface area contributed by atoms with Gasteiger partial charge in [0.2, 0.25) is 0 Å². The summed E-state index contributed by atoms with van der Waals surface area (Å²) in [5.41, 5.74) is 5.44. The average molecular weight is 450 g/mol. The van der Waals surface area contributed by atoms with Gasteiger partial charge in [-0.2, -0.15) is 0 Å². The molecule has 1 amide bonds. The summed E-state index contributed by atoms with van der Waals surface area (Å²) < 4.78 is 6.28. The number of hydrogen-bond donors (Lipinski definition) is 2. The molecule has 3 aromatic rings. The number of aromatic hydroxyl groups is 1. The number of phenolic OH excluding ortho intramolecular Hbond substituents is 1. The summed E-state index contributed by atoms with van der Waals surface area (Å²) >= 11 is 3.39. The van der Waals surface area contributed by atoms with Crippen molar-refractivity contribution in [2.24, 2.45) is 0 Å². The van der Waals surface area contributed by atoms with Crippen LogP contribution < -0.4 is 5.32 Å². The van der Waals surface area contributed by atoms with Gasteiger partial charge < -0.3 is 15.2 Å². The van der Waals surface area contributed by atoms with Crippen molar-refractivity contribution in [1.82, 2.24) is 5.32 Å². The Bertz CT molecular complexity index is 1010. The number of carbonyl (C=O) groups is 1. The first-order valence-electron chi connectivity index (χ1n) is 9.38. The Kier molecular flexibility index (Phi) is 5.67. The molecule has 0 saturated carbocycles. The van der Waals surface area contributed by atoms with Gasteiger partial charge in [0.1, 0.15) is 12.4 Å². The topological polar surface area (TPSA) is 58.6 Å². The van der Waals surface area contributed by atoms with Crippen LogP contribution in [0.4, 0.5) is 4.79 Å². The zero-order valence-corrected chi connectivity index (χ0v) is 17.2. The Morgan fingerprint density at radius 1 is 1.00 bits per heavy atom. The molecule has 0 aromatic heterocycles. The molecule has 1 aliphatic rings. The van der Waals surface area contributed by atoms with E-state index in [1.54, 1.807) is 24.3 Å². The van der Waals surface area contributed by atoms with Crippen LogP contribution in [0.25, 0.3) is 17.2 Å². The van der Waals surface area contributed by atoms with Crippen molar-refractivity contribution in [3.63, 3.8) is 0 Å². The van der Waals surface area contributed by atoms with E-state index in [2.05, 4.69) is 45.5 Å². The van der Waals surface area contributed by atoms with Gasteiger partial charge in [0.25, 0.3) is 0 Å². The normalized spacial score (nSPS) is 12.6. The lowest BCUT2D eigenvalue weighted by atomic mass is 9.98. The van der Waals surface area contributed by atoms with Crippen LogP contribution in [0.15, 0.2) is 77.3 Å². The number of phenols is 1. The third-order valence-corrected chi connectivity index (χ3v) is 5.71. The number of benzene rings is 3. The zero-order chi connectivity index (χ0) is 20.2. The molecule has 4 nitrogen and oxygen atoms in total. The first-order valence-corrected chi connectivity index (χ1v) is 10.2. The Morgan fingerprint density at radius 2 is 1.66 bits per heavy atom. The molecule has 4 rings (SSSR count). The Balaban J connectivity index is 1.35. The van der Waals surface area contributed by atoms with Crippen LogP contribution >= 0.6 is 15.9 Å². The van der Waals surface area contributed by atoms with E-state index >= 15 is 0 Å². The average Bonchev–Trinajstić information content (AvgIpc) is 3.05. The third kappa shape index (κ3) is 4.05. The Hall–Kier alpha value is -3.05. The molecular weight excluding hydrogens is 430 g/mol. The molecule has 0 atom stereocenters. The van der Waals surface area contributed by atoms with Gasteiger partial charge in [-0.3, -0.25) is 0 Å². The van der Waals surface area contributed by atoms with Crippen molar-refractivity contribution < 1.29 is 14.6 Å². The molecule has 0 aliphatic heterocycles. The Morgan fingerprint density at radius 3 is 2.31 bits per heavy atom. The second kappa shape index (κ2) is 8.53. The molecule has 1 aliphatic carbocycles. The number of amides is 1. The monoisotopic (exact) mass is 449 g/mol. The van der Waals surface area contributed by atoms with Crippen LogP contribution in [0.5, 0.6) is 5.75 Å². The fourth-order valence-electron chi connectivity index (χ4n) is 3.66. The van der Waals surface area contributed by atoms with Gasteiger partial charge >= 0.3 is 6.09 Å². The lowest BCUT2D eigenvalue weighted by Crippen LogP contribution is -2.26. The number of halogens is 1. The molecule has 5 heteroatoms. The van der Waals surface area contributed by atoms with E-state index in [-0.39, 0.29) is 18.3 Å². The molecule has 0 saturated heterocycles. The van der Waals surface area contributed by atoms with Crippen molar-refractivity contribution in [2.45, 2.75) is 5.92 Å². The number of rotatable bonds is 5. The van der Waals surface area contributed by atoms with Crippen molar-refractivity contribution in [1.29, 1.82) is 0 Å². The van der Waals surface area contributed by atoms with Gasteiger partial charge in [-0.05, 0) is 34.4 Å². The lowest BCUT2D eigenvalue weighted by Gasteiger charge is -2.14. The summed E-state index contributed by atoms with van der Waals surface area (Å²) in [5.74, 6) is 0.220. The number of carbonyl (C=O) groups excluding carboxylic acids is 1. The number of hydrogen-bond acceptors (Lipinski definition) is 3. The molecule has 2 N–H and O–H groups in total. The van der Waals surface area contributed by atoms with Gasteiger partial charge in [0.05, 0.1) is 0 Å². The predicted molar refractivity (Wildman–Crippen MR) is 118 cm³/mol. The van der Waals surface area contributed by atoms with E-state index in [1.165, 1.54) is 22.3 Å². The van der Waals surface area contributed by atoms with E-state index < -0.39 is 6.09 Å².